The smallest absolute Gasteiger partial charge is 0.343 e. The lowest BCUT2D eigenvalue weighted by molar-refractivity contribution is 0.00151. The first-order valence-electron chi connectivity index (χ1n) is 22.9. The molecular weight excluding hydrogens is 685 g/mol. The minimum absolute atomic E-state index is 0.343. The largest absolute Gasteiger partial charge is 0.494 e. The molecule has 0 radical (unpaired) electrons. The van der Waals surface area contributed by atoms with Gasteiger partial charge in [-0.05, 0) is 68.3 Å². The SMILES string of the molecule is CCCCCCCCCCCCCCCCCCCCCCOc1ccc(C(=O)Oc2ccc(C(=O)O[C@@H](C)COCCCCCCCCCC)cc2)cc1. The van der Waals surface area contributed by atoms with Crippen LogP contribution in [0.1, 0.15) is 221 Å². The zero-order valence-electron chi connectivity index (χ0n) is 35.6. The summed E-state index contributed by atoms with van der Waals surface area (Å²) in [6, 6.07) is 13.5. The van der Waals surface area contributed by atoms with Crippen molar-refractivity contribution in [3.05, 3.63) is 59.7 Å². The molecule has 312 valence electrons. The van der Waals surface area contributed by atoms with Gasteiger partial charge in [-0.1, -0.05) is 181 Å². The molecule has 6 nitrogen and oxygen atoms in total. The Labute approximate surface area is 337 Å². The zero-order valence-corrected chi connectivity index (χ0v) is 35.6. The maximum Gasteiger partial charge on any atom is 0.343 e. The predicted molar refractivity (Wildman–Crippen MR) is 230 cm³/mol. The third-order valence-electron chi connectivity index (χ3n) is 10.5. The summed E-state index contributed by atoms with van der Waals surface area (Å²) in [5.74, 6) is 0.235. The first kappa shape index (κ1) is 48.3. The molecule has 0 aliphatic heterocycles. The fraction of sp³-hybridized carbons (Fsp3) is 0.714. The maximum absolute atomic E-state index is 12.7. The molecule has 0 N–H and O–H groups in total. The highest BCUT2D eigenvalue weighted by Gasteiger charge is 2.14. The van der Waals surface area contributed by atoms with Crippen molar-refractivity contribution in [2.24, 2.45) is 0 Å². The molecule has 0 spiro atoms. The van der Waals surface area contributed by atoms with Crippen molar-refractivity contribution in [3.63, 3.8) is 0 Å². The van der Waals surface area contributed by atoms with E-state index in [4.69, 9.17) is 18.9 Å². The first-order valence-corrected chi connectivity index (χ1v) is 22.9. The van der Waals surface area contributed by atoms with Gasteiger partial charge in [0.1, 0.15) is 17.6 Å². The second kappa shape index (κ2) is 34.4. The van der Waals surface area contributed by atoms with E-state index in [9.17, 15) is 9.59 Å². The van der Waals surface area contributed by atoms with E-state index >= 15 is 0 Å². The van der Waals surface area contributed by atoms with Gasteiger partial charge in [0.2, 0.25) is 0 Å². The highest BCUT2D eigenvalue weighted by molar-refractivity contribution is 5.92. The highest BCUT2D eigenvalue weighted by atomic mass is 16.6. The van der Waals surface area contributed by atoms with Crippen molar-refractivity contribution in [2.45, 2.75) is 207 Å². The summed E-state index contributed by atoms with van der Waals surface area (Å²) < 4.78 is 22.7. The molecule has 0 saturated heterocycles. The first-order chi connectivity index (χ1) is 27.0. The number of rotatable bonds is 37. The van der Waals surface area contributed by atoms with Crippen LogP contribution in [0.4, 0.5) is 0 Å². The fourth-order valence-corrected chi connectivity index (χ4v) is 6.93. The quantitative estimate of drug-likeness (QED) is 0.0388. The maximum atomic E-state index is 12.7. The molecule has 0 saturated carbocycles. The van der Waals surface area contributed by atoms with Crippen LogP contribution in [-0.2, 0) is 9.47 Å². The summed E-state index contributed by atoms with van der Waals surface area (Å²) in [5.41, 5.74) is 0.840. The minimum atomic E-state index is -0.460. The van der Waals surface area contributed by atoms with Gasteiger partial charge in [0.25, 0.3) is 0 Å². The molecule has 2 rings (SSSR count). The zero-order chi connectivity index (χ0) is 39.4. The van der Waals surface area contributed by atoms with Gasteiger partial charge in [0, 0.05) is 6.61 Å². The monoisotopic (exact) mass is 765 g/mol. The van der Waals surface area contributed by atoms with Crippen LogP contribution in [0.3, 0.4) is 0 Å². The summed E-state index contributed by atoms with van der Waals surface area (Å²) in [6.45, 7) is 8.11. The summed E-state index contributed by atoms with van der Waals surface area (Å²) in [7, 11) is 0. The summed E-state index contributed by atoms with van der Waals surface area (Å²) in [5, 5.41) is 0. The normalized spacial score (nSPS) is 11.8. The van der Waals surface area contributed by atoms with Crippen molar-refractivity contribution in [1.29, 1.82) is 0 Å². The van der Waals surface area contributed by atoms with Gasteiger partial charge in [-0.2, -0.15) is 0 Å². The van der Waals surface area contributed by atoms with Crippen molar-refractivity contribution < 1.29 is 28.5 Å². The number of benzene rings is 2. The molecule has 0 fully saturated rings. The lowest BCUT2D eigenvalue weighted by atomic mass is 10.0. The van der Waals surface area contributed by atoms with Gasteiger partial charge in [-0.15, -0.1) is 0 Å². The second-order valence-corrected chi connectivity index (χ2v) is 15.8. The fourth-order valence-electron chi connectivity index (χ4n) is 6.93. The average molecular weight is 765 g/mol. The Bertz CT molecular complexity index is 1180. The van der Waals surface area contributed by atoms with Gasteiger partial charge in [0.05, 0.1) is 24.3 Å². The Morgan fingerprint density at radius 3 is 1.20 bits per heavy atom. The molecule has 0 unspecified atom stereocenters. The number of ether oxygens (including phenoxy) is 4. The van der Waals surface area contributed by atoms with Crippen molar-refractivity contribution in [3.8, 4) is 11.5 Å². The average Bonchev–Trinajstić information content (AvgIpc) is 3.19. The topological polar surface area (TPSA) is 71.1 Å². The van der Waals surface area contributed by atoms with E-state index in [0.29, 0.717) is 36.7 Å². The standard InChI is InChI=1S/C49H80O6/c1-4-6-8-10-12-14-15-16-17-18-19-20-21-22-23-24-25-27-29-31-41-53-46-36-32-45(33-37-46)49(51)55-47-38-34-44(35-39-47)48(50)54-43(3)42-52-40-30-28-26-13-11-9-7-5-2/h32-39,43H,4-31,40-42H2,1-3H3/t43-/m0/s1. The number of carbonyl (C=O) groups excluding carboxylic acids is 2. The summed E-state index contributed by atoms with van der Waals surface area (Å²) in [4.78, 5) is 25.3. The highest BCUT2D eigenvalue weighted by Crippen LogP contribution is 2.19. The third kappa shape index (κ3) is 26.6. The van der Waals surface area contributed by atoms with E-state index in [1.54, 1.807) is 36.4 Å². The van der Waals surface area contributed by atoms with Crippen LogP contribution in [-0.4, -0.2) is 37.9 Å². The van der Waals surface area contributed by atoms with Crippen LogP contribution in [0.2, 0.25) is 0 Å². The van der Waals surface area contributed by atoms with Crippen LogP contribution in [0.5, 0.6) is 11.5 Å². The molecule has 55 heavy (non-hydrogen) atoms. The molecule has 2 aromatic rings. The molecule has 0 heterocycles. The number of unbranched alkanes of at least 4 members (excludes halogenated alkanes) is 26. The van der Waals surface area contributed by atoms with Gasteiger partial charge in [-0.25, -0.2) is 9.59 Å². The van der Waals surface area contributed by atoms with E-state index in [-0.39, 0.29) is 6.10 Å². The van der Waals surface area contributed by atoms with E-state index in [0.717, 1.165) is 18.6 Å². The number of hydrogen-bond donors (Lipinski definition) is 0. The molecule has 2 aromatic carbocycles. The number of hydrogen-bond acceptors (Lipinski definition) is 6. The molecule has 0 aromatic heterocycles. The van der Waals surface area contributed by atoms with Gasteiger partial charge >= 0.3 is 11.9 Å². The van der Waals surface area contributed by atoms with Crippen LogP contribution >= 0.6 is 0 Å². The lowest BCUT2D eigenvalue weighted by Crippen LogP contribution is -2.20. The summed E-state index contributed by atoms with van der Waals surface area (Å²) in [6.07, 6.45) is 37.2. The van der Waals surface area contributed by atoms with Crippen LogP contribution in [0, 0.1) is 0 Å². The van der Waals surface area contributed by atoms with E-state index < -0.39 is 11.9 Å². The molecule has 0 bridgehead atoms. The Morgan fingerprint density at radius 2 is 0.782 bits per heavy atom. The Kier molecular flexibility index (Phi) is 30.2. The van der Waals surface area contributed by atoms with Gasteiger partial charge < -0.3 is 18.9 Å². The molecule has 0 aliphatic rings. The van der Waals surface area contributed by atoms with Crippen molar-refractivity contribution in [1.82, 2.24) is 0 Å². The molecule has 0 aliphatic carbocycles. The molecule has 6 heteroatoms. The Hall–Kier alpha value is -2.86. The lowest BCUT2D eigenvalue weighted by Gasteiger charge is -2.14. The molecule has 1 atom stereocenters. The minimum Gasteiger partial charge on any atom is -0.494 e. The number of esters is 2. The van der Waals surface area contributed by atoms with Gasteiger partial charge in [0.15, 0.2) is 0 Å². The third-order valence-corrected chi connectivity index (χ3v) is 10.5. The molecule has 0 amide bonds. The van der Waals surface area contributed by atoms with Crippen LogP contribution in [0.25, 0.3) is 0 Å². The van der Waals surface area contributed by atoms with E-state index in [1.807, 2.05) is 19.1 Å². The predicted octanol–water partition coefficient (Wildman–Crippen LogP) is 14.8. The Morgan fingerprint density at radius 1 is 0.436 bits per heavy atom. The second-order valence-electron chi connectivity index (χ2n) is 15.8. The summed E-state index contributed by atoms with van der Waals surface area (Å²) >= 11 is 0. The Balaban J connectivity index is 1.45. The molecular formula is C49H80O6. The van der Waals surface area contributed by atoms with Gasteiger partial charge in [-0.3, -0.25) is 0 Å². The van der Waals surface area contributed by atoms with Crippen LogP contribution in [0.15, 0.2) is 48.5 Å². The van der Waals surface area contributed by atoms with Crippen LogP contribution < -0.4 is 9.47 Å². The number of carbonyl (C=O) groups is 2. The van der Waals surface area contributed by atoms with Crippen molar-refractivity contribution >= 4 is 11.9 Å². The van der Waals surface area contributed by atoms with Crippen molar-refractivity contribution in [2.75, 3.05) is 19.8 Å². The van der Waals surface area contributed by atoms with E-state index in [1.165, 1.54) is 167 Å². The van der Waals surface area contributed by atoms with E-state index in [2.05, 4.69) is 13.8 Å².